The lowest BCUT2D eigenvalue weighted by Gasteiger charge is -1.83. The third-order valence-electron chi connectivity index (χ3n) is 0.406. The molecule has 0 aliphatic carbocycles. The van der Waals surface area contributed by atoms with Crippen LogP contribution in [-0.4, -0.2) is 10.7 Å². The van der Waals surface area contributed by atoms with Crippen LogP contribution in [0.3, 0.4) is 0 Å². The molecule has 0 aromatic rings. The summed E-state index contributed by atoms with van der Waals surface area (Å²) in [6.07, 6.45) is 2.41. The summed E-state index contributed by atoms with van der Waals surface area (Å²) in [6.45, 7) is 0. The molecule has 0 atom stereocenters. The van der Waals surface area contributed by atoms with Crippen LogP contribution in [0.1, 0.15) is 0 Å². The third-order valence-corrected chi connectivity index (χ3v) is 0.697. The van der Waals surface area contributed by atoms with Crippen LogP contribution in [0, 0.1) is 0 Å². The lowest BCUT2D eigenvalue weighted by Crippen LogP contribution is -2.05. The summed E-state index contributed by atoms with van der Waals surface area (Å²) in [4.78, 5) is 9.27. The van der Waals surface area contributed by atoms with Gasteiger partial charge >= 0.3 is 0 Å². The van der Waals surface area contributed by atoms with E-state index in [9.17, 15) is 4.79 Å². The Hall–Kier alpha value is -0.210. The molecule has 0 fully saturated rings. The van der Waals surface area contributed by atoms with Gasteiger partial charge in [-0.25, -0.2) is 0 Å². The molecule has 0 aliphatic rings. The summed E-state index contributed by atoms with van der Waals surface area (Å²) in [5.41, 5.74) is 4.70. The van der Waals surface area contributed by atoms with E-state index in [0.29, 0.717) is 0 Å². The van der Waals surface area contributed by atoms with E-state index in [-0.39, 0.29) is 0 Å². The Balaban J connectivity index is 3.50. The SMILES string of the molecule is NC(=O)/C=C/C(Cl)Cl. The molecule has 0 aliphatic heterocycles. The fourth-order valence-corrected chi connectivity index (χ4v) is 0.313. The standard InChI is InChI=1S/C4H5Cl2NO/c5-3(6)1-2-4(7)8/h1-3H,(H2,7,8)/b2-1+. The summed E-state index contributed by atoms with van der Waals surface area (Å²) >= 11 is 10.4. The number of hydrogen-bond acceptors (Lipinski definition) is 1. The lowest BCUT2D eigenvalue weighted by atomic mass is 10.5. The van der Waals surface area contributed by atoms with E-state index >= 15 is 0 Å². The van der Waals surface area contributed by atoms with Crippen molar-refractivity contribution in [3.05, 3.63) is 12.2 Å². The van der Waals surface area contributed by atoms with Gasteiger partial charge in [-0.1, -0.05) is 0 Å². The predicted molar refractivity (Wildman–Crippen MR) is 33.8 cm³/mol. The number of hydrogen-bond donors (Lipinski definition) is 1. The molecule has 0 aromatic carbocycles. The molecule has 0 radical (unpaired) electrons. The monoisotopic (exact) mass is 153 g/mol. The fourth-order valence-electron chi connectivity index (χ4n) is 0.168. The third kappa shape index (κ3) is 5.79. The summed E-state index contributed by atoms with van der Waals surface area (Å²) in [6, 6.07) is 0. The van der Waals surface area contributed by atoms with Crippen molar-refractivity contribution in [2.45, 2.75) is 4.84 Å². The number of amides is 1. The Labute approximate surface area is 57.3 Å². The Kier molecular flexibility index (Phi) is 3.65. The first-order valence-electron chi connectivity index (χ1n) is 1.88. The normalized spacial score (nSPS) is 10.9. The fraction of sp³-hybridized carbons (Fsp3) is 0.250. The van der Waals surface area contributed by atoms with E-state index in [1.165, 1.54) is 6.08 Å². The summed E-state index contributed by atoms with van der Waals surface area (Å²) in [5.74, 6) is -0.545. The molecule has 2 nitrogen and oxygen atoms in total. The van der Waals surface area contributed by atoms with Crippen LogP contribution in [-0.2, 0) is 4.79 Å². The van der Waals surface area contributed by atoms with E-state index in [1.54, 1.807) is 0 Å². The average Bonchev–Trinajstić information content (AvgIpc) is 1.61. The number of rotatable bonds is 2. The van der Waals surface area contributed by atoms with Gasteiger partial charge in [0, 0.05) is 6.08 Å². The molecular weight excluding hydrogens is 149 g/mol. The van der Waals surface area contributed by atoms with Gasteiger partial charge in [-0.15, -0.1) is 23.2 Å². The maximum Gasteiger partial charge on any atom is 0.241 e. The van der Waals surface area contributed by atoms with E-state index in [4.69, 9.17) is 28.9 Å². The first-order chi connectivity index (χ1) is 3.63. The molecule has 4 heteroatoms. The first-order valence-corrected chi connectivity index (χ1v) is 2.76. The molecule has 0 saturated heterocycles. The quantitative estimate of drug-likeness (QED) is 0.464. The van der Waals surface area contributed by atoms with Crippen molar-refractivity contribution in [3.8, 4) is 0 Å². The van der Waals surface area contributed by atoms with Crippen molar-refractivity contribution in [2.24, 2.45) is 5.73 Å². The maximum absolute atomic E-state index is 9.92. The Bertz CT molecular complexity index is 111. The van der Waals surface area contributed by atoms with E-state index in [0.717, 1.165) is 6.08 Å². The number of carbonyl (C=O) groups is 1. The van der Waals surface area contributed by atoms with Gasteiger partial charge in [-0.2, -0.15) is 0 Å². The highest BCUT2D eigenvalue weighted by atomic mass is 35.5. The lowest BCUT2D eigenvalue weighted by molar-refractivity contribution is -0.113. The van der Waals surface area contributed by atoms with Crippen LogP contribution in [0.25, 0.3) is 0 Å². The van der Waals surface area contributed by atoms with Gasteiger partial charge in [-0.3, -0.25) is 4.79 Å². The molecule has 0 spiro atoms. The molecular formula is C4H5Cl2NO. The number of halogens is 2. The first kappa shape index (κ1) is 7.79. The molecule has 1 amide bonds. The minimum absolute atomic E-state index is 0.545. The highest BCUT2D eigenvalue weighted by Crippen LogP contribution is 2.01. The molecule has 46 valence electrons. The molecule has 0 heterocycles. The molecule has 2 N–H and O–H groups in total. The largest absolute Gasteiger partial charge is 0.366 e. The van der Waals surface area contributed by atoms with Gasteiger partial charge in [0.1, 0.15) is 4.84 Å². The van der Waals surface area contributed by atoms with Gasteiger partial charge in [-0.05, 0) is 6.08 Å². The van der Waals surface area contributed by atoms with Crippen LogP contribution >= 0.6 is 23.2 Å². The Morgan fingerprint density at radius 3 is 2.25 bits per heavy atom. The van der Waals surface area contributed by atoms with Gasteiger partial charge in [0.05, 0.1) is 0 Å². The second-order valence-electron chi connectivity index (χ2n) is 1.10. The van der Waals surface area contributed by atoms with E-state index < -0.39 is 10.7 Å². The number of allylic oxidation sites excluding steroid dienone is 1. The minimum Gasteiger partial charge on any atom is -0.366 e. The zero-order chi connectivity index (χ0) is 6.57. The topological polar surface area (TPSA) is 43.1 Å². The predicted octanol–water partition coefficient (Wildman–Crippen LogP) is 0.832. The summed E-state index contributed by atoms with van der Waals surface area (Å²) in [5, 5.41) is 0. The average molecular weight is 154 g/mol. The van der Waals surface area contributed by atoms with Crippen LogP contribution in [0.2, 0.25) is 0 Å². The Morgan fingerprint density at radius 2 is 2.12 bits per heavy atom. The van der Waals surface area contributed by atoms with Crippen molar-refractivity contribution in [1.29, 1.82) is 0 Å². The number of alkyl halides is 2. The van der Waals surface area contributed by atoms with Gasteiger partial charge < -0.3 is 5.73 Å². The Morgan fingerprint density at radius 1 is 1.62 bits per heavy atom. The van der Waals surface area contributed by atoms with Gasteiger partial charge in [0.2, 0.25) is 5.91 Å². The molecule has 0 unspecified atom stereocenters. The highest BCUT2D eigenvalue weighted by molar-refractivity contribution is 6.45. The molecule has 0 rings (SSSR count). The van der Waals surface area contributed by atoms with Crippen molar-refractivity contribution < 1.29 is 4.79 Å². The molecule has 8 heavy (non-hydrogen) atoms. The van der Waals surface area contributed by atoms with Crippen molar-refractivity contribution in [2.75, 3.05) is 0 Å². The van der Waals surface area contributed by atoms with Crippen LogP contribution < -0.4 is 5.73 Å². The molecule has 0 saturated carbocycles. The zero-order valence-corrected chi connectivity index (χ0v) is 5.49. The number of primary amides is 1. The molecule has 0 bridgehead atoms. The maximum atomic E-state index is 9.92. The summed E-state index contributed by atoms with van der Waals surface area (Å²) < 4.78 is 0. The highest BCUT2D eigenvalue weighted by Gasteiger charge is 1.89. The van der Waals surface area contributed by atoms with E-state index in [1.807, 2.05) is 0 Å². The van der Waals surface area contributed by atoms with E-state index in [2.05, 4.69) is 0 Å². The molecule has 0 aromatic heterocycles. The number of nitrogens with two attached hydrogens (primary N) is 1. The number of carbonyl (C=O) groups excluding carboxylic acids is 1. The van der Waals surface area contributed by atoms with Gasteiger partial charge in [0.25, 0.3) is 0 Å². The van der Waals surface area contributed by atoms with Gasteiger partial charge in [0.15, 0.2) is 0 Å². The van der Waals surface area contributed by atoms with Crippen molar-refractivity contribution in [3.63, 3.8) is 0 Å². The van der Waals surface area contributed by atoms with Crippen LogP contribution in [0.5, 0.6) is 0 Å². The second kappa shape index (κ2) is 3.75. The zero-order valence-electron chi connectivity index (χ0n) is 3.97. The minimum atomic E-state index is -0.650. The second-order valence-corrected chi connectivity index (χ2v) is 2.26. The van der Waals surface area contributed by atoms with Crippen molar-refractivity contribution >= 4 is 29.1 Å². The summed E-state index contributed by atoms with van der Waals surface area (Å²) in [7, 11) is 0. The van der Waals surface area contributed by atoms with Crippen LogP contribution in [0.4, 0.5) is 0 Å². The smallest absolute Gasteiger partial charge is 0.241 e. The van der Waals surface area contributed by atoms with Crippen LogP contribution in [0.15, 0.2) is 12.2 Å². The van der Waals surface area contributed by atoms with Crippen molar-refractivity contribution in [1.82, 2.24) is 0 Å².